The number of alkyl halides is 3. The largest absolute Gasteiger partial charge is 0.445 e. The van der Waals surface area contributed by atoms with Gasteiger partial charge in [0.25, 0.3) is 5.91 Å². The molecule has 2 aromatic carbocycles. The Morgan fingerprint density at radius 3 is 2.64 bits per heavy atom. The van der Waals surface area contributed by atoms with Crippen molar-refractivity contribution in [3.05, 3.63) is 64.7 Å². The molecule has 0 bridgehead atoms. The van der Waals surface area contributed by atoms with E-state index in [0.717, 1.165) is 17.7 Å². The van der Waals surface area contributed by atoms with Crippen LogP contribution in [0, 0.1) is 0 Å². The first-order valence-electron chi connectivity index (χ1n) is 9.02. The zero-order valence-electron chi connectivity index (χ0n) is 15.2. The van der Waals surface area contributed by atoms with Crippen LogP contribution in [0.25, 0.3) is 0 Å². The fourth-order valence-electron chi connectivity index (χ4n) is 3.92. The molecule has 0 fully saturated rings. The monoisotopic (exact) mass is 389 g/mol. The van der Waals surface area contributed by atoms with Gasteiger partial charge in [-0.3, -0.25) is 4.79 Å². The third-order valence-corrected chi connectivity index (χ3v) is 5.31. The highest BCUT2D eigenvalue weighted by Gasteiger charge is 2.46. The smallest absolute Gasteiger partial charge is 0.416 e. The van der Waals surface area contributed by atoms with Gasteiger partial charge in [0.05, 0.1) is 11.1 Å². The van der Waals surface area contributed by atoms with Crippen molar-refractivity contribution >= 4 is 17.6 Å². The molecular weight excluding hydrogens is 371 g/mol. The summed E-state index contributed by atoms with van der Waals surface area (Å²) in [5.41, 5.74) is -0.0606. The molecule has 146 valence electrons. The maximum Gasteiger partial charge on any atom is 0.416 e. The van der Waals surface area contributed by atoms with Gasteiger partial charge in [-0.1, -0.05) is 18.2 Å². The molecule has 2 aliphatic rings. The van der Waals surface area contributed by atoms with Crippen molar-refractivity contribution in [1.29, 1.82) is 0 Å². The Bertz CT molecular complexity index is 970. The van der Waals surface area contributed by atoms with Gasteiger partial charge < -0.3 is 9.64 Å². The summed E-state index contributed by atoms with van der Waals surface area (Å²) in [6, 6.07) is 10.4. The summed E-state index contributed by atoms with van der Waals surface area (Å²) in [7, 11) is 0. The highest BCUT2D eigenvalue weighted by atomic mass is 19.4. The van der Waals surface area contributed by atoms with Gasteiger partial charge in [-0.25, -0.2) is 4.79 Å². The molecule has 4 rings (SSSR count). The maximum atomic E-state index is 13.3. The number of hydrogen-bond acceptors (Lipinski definition) is 3. The summed E-state index contributed by atoms with van der Waals surface area (Å²) in [5.74, 6) is -0.988. The number of carbonyl (C=O) groups excluding carboxylic acids is 2. The lowest BCUT2D eigenvalue weighted by Crippen LogP contribution is -2.54. The van der Waals surface area contributed by atoms with Crippen molar-refractivity contribution in [2.24, 2.45) is 0 Å². The van der Waals surface area contributed by atoms with Crippen LogP contribution in [0.5, 0.6) is 0 Å². The number of carbonyl (C=O) groups is 2. The van der Waals surface area contributed by atoms with E-state index in [-0.39, 0.29) is 6.42 Å². The molecule has 0 saturated heterocycles. The van der Waals surface area contributed by atoms with E-state index in [0.29, 0.717) is 36.2 Å². The molecule has 0 aromatic heterocycles. The van der Waals surface area contributed by atoms with Crippen LogP contribution in [0.1, 0.15) is 40.4 Å². The molecule has 0 radical (unpaired) electrons. The number of anilines is 1. The second kappa shape index (κ2) is 6.36. The molecule has 2 aromatic rings. The highest BCUT2D eigenvalue weighted by Crippen LogP contribution is 2.37. The molecule has 4 nitrogen and oxygen atoms in total. The lowest BCUT2D eigenvalue weighted by molar-refractivity contribution is -0.137. The third kappa shape index (κ3) is 3.04. The fraction of sp³-hybridized carbons (Fsp3) is 0.333. The number of benzene rings is 2. The van der Waals surface area contributed by atoms with Gasteiger partial charge in [0.2, 0.25) is 0 Å². The van der Waals surface area contributed by atoms with Crippen molar-refractivity contribution in [3.8, 4) is 0 Å². The lowest BCUT2D eigenvalue weighted by atomic mass is 9.88. The fourth-order valence-corrected chi connectivity index (χ4v) is 3.92. The molecule has 28 heavy (non-hydrogen) atoms. The minimum absolute atomic E-state index is 0.222. The van der Waals surface area contributed by atoms with E-state index < -0.39 is 29.2 Å². The van der Waals surface area contributed by atoms with Crippen molar-refractivity contribution in [3.63, 3.8) is 0 Å². The van der Waals surface area contributed by atoms with Gasteiger partial charge in [-0.2, -0.15) is 13.2 Å². The Morgan fingerprint density at radius 1 is 1.14 bits per heavy atom. The number of cyclic esters (lactones) is 1. The number of halogens is 3. The van der Waals surface area contributed by atoms with Crippen LogP contribution < -0.4 is 4.90 Å². The number of ether oxygens (including phenoxy) is 1. The van der Waals surface area contributed by atoms with Crippen molar-refractivity contribution in [1.82, 2.24) is 0 Å². The SMILES string of the molecule is CC1(C(=O)N2CCCc3cc(C(F)(F)F)ccc32)Cc2ccccc2C(=O)O1. The first-order chi connectivity index (χ1) is 13.2. The second-order valence-corrected chi connectivity index (χ2v) is 7.36. The molecule has 0 N–H and O–H groups in total. The van der Waals surface area contributed by atoms with Crippen LogP contribution in [0.4, 0.5) is 18.9 Å². The normalized spacial score (nSPS) is 21.6. The average molecular weight is 389 g/mol. The van der Waals surface area contributed by atoms with Crippen molar-refractivity contribution in [2.45, 2.75) is 38.0 Å². The Labute approximate surface area is 159 Å². The molecule has 1 atom stereocenters. The molecule has 0 spiro atoms. The molecule has 2 aliphatic heterocycles. The van der Waals surface area contributed by atoms with Crippen LogP contribution in [0.15, 0.2) is 42.5 Å². The van der Waals surface area contributed by atoms with Gasteiger partial charge in [-0.05, 0) is 55.2 Å². The number of aryl methyl sites for hydroxylation is 1. The van der Waals surface area contributed by atoms with Crippen molar-refractivity contribution < 1.29 is 27.5 Å². The molecule has 2 heterocycles. The van der Waals surface area contributed by atoms with Crippen LogP contribution >= 0.6 is 0 Å². The number of fused-ring (bicyclic) bond motifs is 2. The standard InChI is InChI=1S/C21H18F3NO3/c1-20(12-14-5-2-3-7-16(14)18(26)28-20)19(27)25-10-4-6-13-11-15(21(22,23)24)8-9-17(13)25/h2-3,5,7-9,11H,4,6,10,12H2,1H3. The zero-order chi connectivity index (χ0) is 20.1. The van der Waals surface area contributed by atoms with E-state index in [4.69, 9.17) is 4.74 Å². The molecule has 0 aliphatic carbocycles. The summed E-state index contributed by atoms with van der Waals surface area (Å²) in [6.07, 6.45) is -3.21. The first-order valence-corrected chi connectivity index (χ1v) is 9.02. The van der Waals surface area contributed by atoms with E-state index in [1.165, 1.54) is 11.0 Å². The van der Waals surface area contributed by atoms with Gasteiger partial charge in [0.15, 0.2) is 5.60 Å². The number of amides is 1. The van der Waals surface area contributed by atoms with E-state index in [1.54, 1.807) is 31.2 Å². The van der Waals surface area contributed by atoms with Gasteiger partial charge in [0, 0.05) is 18.7 Å². The van der Waals surface area contributed by atoms with E-state index in [1.807, 2.05) is 0 Å². The van der Waals surface area contributed by atoms with Gasteiger partial charge in [-0.15, -0.1) is 0 Å². The Morgan fingerprint density at radius 2 is 1.89 bits per heavy atom. The van der Waals surface area contributed by atoms with Gasteiger partial charge in [0.1, 0.15) is 0 Å². The highest BCUT2D eigenvalue weighted by molar-refractivity contribution is 6.04. The summed E-state index contributed by atoms with van der Waals surface area (Å²) >= 11 is 0. The van der Waals surface area contributed by atoms with E-state index in [2.05, 4.69) is 0 Å². The minimum atomic E-state index is -4.43. The maximum absolute atomic E-state index is 13.3. The first kappa shape index (κ1) is 18.5. The molecular formula is C21H18F3NO3. The second-order valence-electron chi connectivity index (χ2n) is 7.36. The van der Waals surface area contributed by atoms with Crippen LogP contribution in [-0.2, 0) is 28.5 Å². The van der Waals surface area contributed by atoms with Crippen LogP contribution in [0.2, 0.25) is 0 Å². The topological polar surface area (TPSA) is 46.6 Å². The summed E-state index contributed by atoms with van der Waals surface area (Å²) in [5, 5.41) is 0. The van der Waals surface area contributed by atoms with Crippen molar-refractivity contribution in [2.75, 3.05) is 11.4 Å². The lowest BCUT2D eigenvalue weighted by Gasteiger charge is -2.39. The third-order valence-electron chi connectivity index (χ3n) is 5.31. The predicted molar refractivity (Wildman–Crippen MR) is 96.1 cm³/mol. The number of esters is 1. The van der Waals surface area contributed by atoms with E-state index >= 15 is 0 Å². The predicted octanol–water partition coefficient (Wildman–Crippen LogP) is 4.16. The van der Waals surface area contributed by atoms with E-state index in [9.17, 15) is 22.8 Å². The van der Waals surface area contributed by atoms with Crippen LogP contribution in [-0.4, -0.2) is 24.0 Å². The number of hydrogen-bond donors (Lipinski definition) is 0. The number of nitrogens with zero attached hydrogens (tertiary/aromatic N) is 1. The minimum Gasteiger partial charge on any atom is -0.445 e. The Hall–Kier alpha value is -2.83. The van der Waals surface area contributed by atoms with Gasteiger partial charge >= 0.3 is 12.1 Å². The molecule has 7 heteroatoms. The zero-order valence-corrected chi connectivity index (χ0v) is 15.2. The average Bonchev–Trinajstić information content (AvgIpc) is 2.65. The Balaban J connectivity index is 1.68. The summed E-state index contributed by atoms with van der Waals surface area (Å²) in [6.45, 7) is 1.92. The summed E-state index contributed by atoms with van der Waals surface area (Å²) in [4.78, 5) is 27.1. The quantitative estimate of drug-likeness (QED) is 0.689. The van der Waals surface area contributed by atoms with Crippen LogP contribution in [0.3, 0.4) is 0 Å². The molecule has 0 saturated carbocycles. The Kier molecular flexibility index (Phi) is 4.21. The number of rotatable bonds is 1. The molecule has 1 unspecified atom stereocenters. The molecule has 1 amide bonds. The summed E-state index contributed by atoms with van der Waals surface area (Å²) < 4.78 is 44.5.